The molecule has 3 N–H and O–H groups in total. The average Bonchev–Trinajstić information content (AvgIpc) is 3.39. The van der Waals surface area contributed by atoms with Crippen LogP contribution in [0.1, 0.15) is 32.5 Å². The number of esters is 1. The smallest absolute Gasteiger partial charge is 0.348 e. The van der Waals surface area contributed by atoms with Crippen molar-refractivity contribution in [3.63, 3.8) is 0 Å². The summed E-state index contributed by atoms with van der Waals surface area (Å²) < 4.78 is 5.12. The van der Waals surface area contributed by atoms with Crippen LogP contribution in [0.2, 0.25) is 0 Å². The third kappa shape index (κ3) is 5.29. The maximum atomic E-state index is 13.1. The number of nitrogens with zero attached hydrogens (tertiary/aromatic N) is 1. The van der Waals surface area contributed by atoms with Crippen molar-refractivity contribution in [2.45, 2.75) is 19.0 Å². The van der Waals surface area contributed by atoms with Gasteiger partial charge in [0.25, 0.3) is 5.91 Å². The van der Waals surface area contributed by atoms with Gasteiger partial charge < -0.3 is 20.4 Å². The quantitative estimate of drug-likeness (QED) is 0.232. The van der Waals surface area contributed by atoms with Crippen molar-refractivity contribution in [3.8, 4) is 0 Å². The maximum Gasteiger partial charge on any atom is 0.348 e. The number of fused-ring (bicyclic) bond motifs is 1. The third-order valence-corrected chi connectivity index (χ3v) is 6.89. The summed E-state index contributed by atoms with van der Waals surface area (Å²) in [5.41, 5.74) is 3.00. The zero-order chi connectivity index (χ0) is 24.1. The molecule has 4 rings (SSSR count). The first-order chi connectivity index (χ1) is 16.5. The van der Waals surface area contributed by atoms with Crippen LogP contribution < -0.4 is 10.6 Å². The number of amides is 2. The van der Waals surface area contributed by atoms with Gasteiger partial charge in [0.05, 0.1) is 29.0 Å². The summed E-state index contributed by atoms with van der Waals surface area (Å²) in [5.74, 6) is -1.20. The Morgan fingerprint density at radius 3 is 2.53 bits per heavy atom. The molecule has 2 heterocycles. The summed E-state index contributed by atoms with van der Waals surface area (Å²) in [6.07, 6.45) is 0. The molecule has 0 radical (unpaired) electrons. The van der Waals surface area contributed by atoms with Crippen molar-refractivity contribution in [2.24, 2.45) is 0 Å². The lowest BCUT2D eigenvalue weighted by atomic mass is 10.1. The number of nitrogens with one attached hydrogen (secondary N) is 3. The number of aromatic amines is 1. The van der Waals surface area contributed by atoms with Gasteiger partial charge in [-0.1, -0.05) is 42.1 Å². The van der Waals surface area contributed by atoms with Gasteiger partial charge in [-0.3, -0.25) is 9.59 Å². The first kappa shape index (κ1) is 23.5. The molecular formula is C24H22N4O4S2. The number of carbonyl (C=O) groups is 3. The van der Waals surface area contributed by atoms with Gasteiger partial charge in [-0.05, 0) is 43.7 Å². The number of thiophene rings is 1. The molecule has 0 atom stereocenters. The van der Waals surface area contributed by atoms with E-state index in [9.17, 15) is 14.4 Å². The van der Waals surface area contributed by atoms with Gasteiger partial charge in [0.2, 0.25) is 5.91 Å². The topological polar surface area (TPSA) is 113 Å². The second-order valence-corrected chi connectivity index (χ2v) is 9.18. The molecule has 10 heteroatoms. The van der Waals surface area contributed by atoms with Crippen molar-refractivity contribution >= 4 is 62.6 Å². The Hall–Kier alpha value is -3.63. The minimum atomic E-state index is -0.532. The Bertz CT molecular complexity index is 1310. The highest BCUT2D eigenvalue weighted by atomic mass is 32.2. The molecule has 0 unspecified atom stereocenters. The SMILES string of the molecule is CCOC(=O)c1sc(NC(=O)CSc2nc3ccccc3[nH]2)c(C(=O)Nc2ccccc2)c1C. The van der Waals surface area contributed by atoms with Crippen LogP contribution in [0.5, 0.6) is 0 Å². The van der Waals surface area contributed by atoms with Crippen molar-refractivity contribution < 1.29 is 19.1 Å². The molecule has 0 aliphatic rings. The lowest BCUT2D eigenvalue weighted by molar-refractivity contribution is -0.113. The Balaban J connectivity index is 1.53. The molecule has 8 nitrogen and oxygen atoms in total. The molecule has 174 valence electrons. The molecule has 4 aromatic rings. The van der Waals surface area contributed by atoms with Crippen LogP contribution in [-0.4, -0.2) is 40.1 Å². The number of thioether (sulfide) groups is 1. The Kier molecular flexibility index (Phi) is 7.29. The Morgan fingerprint density at radius 1 is 1.06 bits per heavy atom. The summed E-state index contributed by atoms with van der Waals surface area (Å²) in [5, 5.41) is 6.52. The zero-order valence-corrected chi connectivity index (χ0v) is 20.1. The predicted molar refractivity (Wildman–Crippen MR) is 135 cm³/mol. The van der Waals surface area contributed by atoms with Crippen molar-refractivity contribution in [1.82, 2.24) is 9.97 Å². The third-order valence-electron chi connectivity index (χ3n) is 4.83. The van der Waals surface area contributed by atoms with Crippen LogP contribution in [0.4, 0.5) is 10.7 Å². The molecule has 0 aliphatic heterocycles. The van der Waals surface area contributed by atoms with E-state index in [1.165, 1.54) is 11.8 Å². The number of para-hydroxylation sites is 3. The minimum absolute atomic E-state index is 0.0747. The van der Waals surface area contributed by atoms with Gasteiger partial charge in [0.1, 0.15) is 9.88 Å². The number of ether oxygens (including phenoxy) is 1. The second-order valence-electron chi connectivity index (χ2n) is 7.20. The van der Waals surface area contributed by atoms with E-state index >= 15 is 0 Å². The highest BCUT2D eigenvalue weighted by molar-refractivity contribution is 7.99. The number of hydrogen-bond donors (Lipinski definition) is 3. The summed E-state index contributed by atoms with van der Waals surface area (Å²) in [4.78, 5) is 46.1. The molecule has 0 bridgehead atoms. The number of anilines is 2. The van der Waals surface area contributed by atoms with Gasteiger partial charge in [-0.15, -0.1) is 11.3 Å². The molecule has 0 fully saturated rings. The fourth-order valence-electron chi connectivity index (χ4n) is 3.28. The monoisotopic (exact) mass is 494 g/mol. The van der Waals surface area contributed by atoms with Crippen LogP contribution in [0.15, 0.2) is 59.8 Å². The molecule has 2 aromatic heterocycles. The first-order valence-corrected chi connectivity index (χ1v) is 12.3. The predicted octanol–water partition coefficient (Wildman–Crippen LogP) is 5.09. The van der Waals surface area contributed by atoms with Gasteiger partial charge >= 0.3 is 5.97 Å². The number of rotatable bonds is 8. The molecule has 0 saturated heterocycles. The Labute approximate surface area is 204 Å². The fraction of sp³-hybridized carbons (Fsp3) is 0.167. The molecule has 0 spiro atoms. The van der Waals surface area contributed by atoms with Gasteiger partial charge in [-0.2, -0.15) is 0 Å². The highest BCUT2D eigenvalue weighted by Crippen LogP contribution is 2.34. The van der Waals surface area contributed by atoms with Crippen LogP contribution in [0.3, 0.4) is 0 Å². The summed E-state index contributed by atoms with van der Waals surface area (Å²) in [7, 11) is 0. The molecule has 2 amide bonds. The average molecular weight is 495 g/mol. The molecule has 34 heavy (non-hydrogen) atoms. The largest absolute Gasteiger partial charge is 0.462 e. The number of aromatic nitrogens is 2. The number of hydrogen-bond acceptors (Lipinski definition) is 7. The lowest BCUT2D eigenvalue weighted by Crippen LogP contribution is -2.18. The molecule has 2 aromatic carbocycles. The van der Waals surface area contributed by atoms with Crippen molar-refractivity contribution in [2.75, 3.05) is 23.0 Å². The number of carbonyl (C=O) groups excluding carboxylic acids is 3. The van der Waals surface area contributed by atoms with E-state index < -0.39 is 11.9 Å². The van der Waals surface area contributed by atoms with E-state index in [4.69, 9.17) is 4.74 Å². The molecule has 0 aliphatic carbocycles. The fourth-order valence-corrected chi connectivity index (χ4v) is 5.08. The zero-order valence-electron chi connectivity index (χ0n) is 18.5. The minimum Gasteiger partial charge on any atom is -0.462 e. The number of imidazole rings is 1. The van der Waals surface area contributed by atoms with Crippen LogP contribution in [0.25, 0.3) is 11.0 Å². The highest BCUT2D eigenvalue weighted by Gasteiger charge is 2.26. The van der Waals surface area contributed by atoms with E-state index in [2.05, 4.69) is 20.6 Å². The van der Waals surface area contributed by atoms with Crippen molar-refractivity contribution in [1.29, 1.82) is 0 Å². The van der Waals surface area contributed by atoms with Crippen LogP contribution in [-0.2, 0) is 9.53 Å². The summed E-state index contributed by atoms with van der Waals surface area (Å²) in [6, 6.07) is 16.6. The summed E-state index contributed by atoms with van der Waals surface area (Å²) in [6.45, 7) is 3.58. The lowest BCUT2D eigenvalue weighted by Gasteiger charge is -2.08. The maximum absolute atomic E-state index is 13.1. The van der Waals surface area contributed by atoms with Crippen molar-refractivity contribution in [3.05, 3.63) is 70.6 Å². The normalized spacial score (nSPS) is 10.8. The Morgan fingerprint density at radius 2 is 1.79 bits per heavy atom. The van der Waals surface area contributed by atoms with Crippen LogP contribution in [0, 0.1) is 6.92 Å². The van der Waals surface area contributed by atoms with Crippen LogP contribution >= 0.6 is 23.1 Å². The van der Waals surface area contributed by atoms with E-state index in [0.717, 1.165) is 22.4 Å². The molecule has 0 saturated carbocycles. The van der Waals surface area contributed by atoms with E-state index in [0.29, 0.717) is 21.4 Å². The van der Waals surface area contributed by atoms with Gasteiger partial charge in [-0.25, -0.2) is 9.78 Å². The second kappa shape index (κ2) is 10.5. The van der Waals surface area contributed by atoms with E-state index in [1.54, 1.807) is 38.1 Å². The van der Waals surface area contributed by atoms with Gasteiger partial charge in [0, 0.05) is 5.69 Å². The number of H-pyrrole nitrogens is 1. The summed E-state index contributed by atoms with van der Waals surface area (Å²) >= 11 is 2.28. The standard InChI is InChI=1S/C24H22N4O4S2/c1-3-32-23(31)20-14(2)19(21(30)25-15-9-5-4-6-10-15)22(34-20)28-18(29)13-33-24-26-16-11-7-8-12-17(16)27-24/h4-12H,3,13H2,1-2H3,(H,25,30)(H,26,27)(H,28,29). The van der Waals surface area contributed by atoms with Gasteiger partial charge in [0.15, 0.2) is 5.16 Å². The number of benzene rings is 2. The molecular weight excluding hydrogens is 472 g/mol. The first-order valence-electron chi connectivity index (χ1n) is 10.5. The van der Waals surface area contributed by atoms with E-state index in [-0.39, 0.29) is 28.7 Å². The van der Waals surface area contributed by atoms with E-state index in [1.807, 2.05) is 30.3 Å².